The van der Waals surface area contributed by atoms with Gasteiger partial charge in [0.1, 0.15) is 5.68 Å². The first kappa shape index (κ1) is 10.7. The number of carbonyl (C=O) groups excluding carboxylic acids is 1. The summed E-state index contributed by atoms with van der Waals surface area (Å²) in [5.74, 6) is -10.7. The monoisotopic (exact) mass is 208 g/mol. The van der Waals surface area contributed by atoms with Crippen LogP contribution in [-0.2, 0) is 0 Å². The smallest absolute Gasteiger partial charge is 0.200 e. The van der Waals surface area contributed by atoms with Gasteiger partial charge in [0, 0.05) is 0 Å². The maximum absolute atomic E-state index is 12.7. The second-order valence-corrected chi connectivity index (χ2v) is 2.50. The Balaban J connectivity index is 3.68. The summed E-state index contributed by atoms with van der Waals surface area (Å²) in [5.41, 5.74) is -2.64. The van der Waals surface area contributed by atoms with Gasteiger partial charge in [-0.15, -0.1) is 0 Å². The molecule has 0 unspecified atom stereocenters. The van der Waals surface area contributed by atoms with Gasteiger partial charge < -0.3 is 4.79 Å². The van der Waals surface area contributed by atoms with E-state index >= 15 is 0 Å². The van der Waals surface area contributed by atoms with Crippen molar-refractivity contribution in [3.8, 4) is 0 Å². The molecule has 0 saturated heterocycles. The molecule has 0 aromatic heterocycles. The minimum atomic E-state index is -2.27. The van der Waals surface area contributed by atoms with Gasteiger partial charge in [0.25, 0.3) is 0 Å². The molecule has 0 N–H and O–H groups in total. The van der Waals surface area contributed by atoms with E-state index in [9.17, 15) is 26.7 Å². The SMILES string of the molecule is BC(=O)c1c(F)c(F)c(F)c(F)c1F. The van der Waals surface area contributed by atoms with Gasteiger partial charge in [-0.1, -0.05) is 0 Å². The predicted octanol–water partition coefficient (Wildman–Crippen LogP) is 1.16. The van der Waals surface area contributed by atoms with Crippen molar-refractivity contribution in [3.63, 3.8) is 0 Å². The Morgan fingerprint density at radius 2 is 1.07 bits per heavy atom. The first-order chi connectivity index (χ1) is 6.37. The summed E-state index contributed by atoms with van der Waals surface area (Å²) in [6, 6.07) is 0. The first-order valence-corrected chi connectivity index (χ1v) is 3.40. The highest BCUT2D eigenvalue weighted by Gasteiger charge is 2.27. The van der Waals surface area contributed by atoms with E-state index in [1.165, 1.54) is 0 Å². The van der Waals surface area contributed by atoms with Crippen molar-refractivity contribution in [2.45, 2.75) is 0 Å². The normalized spacial score (nSPS) is 10.4. The fourth-order valence-electron chi connectivity index (χ4n) is 0.914. The third-order valence-electron chi connectivity index (χ3n) is 1.56. The Morgan fingerprint density at radius 1 is 0.786 bits per heavy atom. The number of hydrogen-bond acceptors (Lipinski definition) is 1. The van der Waals surface area contributed by atoms with E-state index < -0.39 is 40.3 Å². The maximum atomic E-state index is 12.7. The number of carbonyl (C=O) groups is 1. The summed E-state index contributed by atoms with van der Waals surface area (Å²) in [7, 11) is 0.707. The van der Waals surface area contributed by atoms with Crippen molar-refractivity contribution in [3.05, 3.63) is 34.6 Å². The molecule has 0 aliphatic carbocycles. The second-order valence-electron chi connectivity index (χ2n) is 2.50. The molecule has 74 valence electrons. The molecule has 0 fully saturated rings. The Kier molecular flexibility index (Phi) is 2.59. The van der Waals surface area contributed by atoms with Crippen LogP contribution in [0.2, 0.25) is 0 Å². The van der Waals surface area contributed by atoms with E-state index in [0.717, 1.165) is 0 Å². The molecule has 0 spiro atoms. The zero-order valence-electron chi connectivity index (χ0n) is 6.80. The molecular formula is C7H2BF5O. The van der Waals surface area contributed by atoms with Crippen LogP contribution >= 0.6 is 0 Å². The molecule has 14 heavy (non-hydrogen) atoms. The second kappa shape index (κ2) is 3.40. The number of rotatable bonds is 1. The molecule has 0 heterocycles. The van der Waals surface area contributed by atoms with Crippen molar-refractivity contribution >= 4 is 13.5 Å². The van der Waals surface area contributed by atoms with Crippen LogP contribution in [0.15, 0.2) is 0 Å². The van der Waals surface area contributed by atoms with Gasteiger partial charge in [0.15, 0.2) is 31.1 Å². The predicted molar refractivity (Wildman–Crippen MR) is 39.1 cm³/mol. The third-order valence-corrected chi connectivity index (χ3v) is 1.56. The van der Waals surface area contributed by atoms with Gasteiger partial charge in [-0.05, 0) is 0 Å². The molecule has 0 amide bonds. The summed E-state index contributed by atoms with van der Waals surface area (Å²) in [4.78, 5) is 10.6. The lowest BCUT2D eigenvalue weighted by Gasteiger charge is -2.04. The number of halogens is 5. The van der Waals surface area contributed by atoms with Gasteiger partial charge in [-0.25, -0.2) is 22.0 Å². The largest absolute Gasteiger partial charge is 0.306 e. The molecule has 0 atom stereocenters. The van der Waals surface area contributed by atoms with E-state index in [4.69, 9.17) is 0 Å². The van der Waals surface area contributed by atoms with Crippen LogP contribution in [0.25, 0.3) is 0 Å². The fraction of sp³-hybridized carbons (Fsp3) is 0. The van der Waals surface area contributed by atoms with Crippen molar-refractivity contribution in [1.29, 1.82) is 0 Å². The number of hydrogen-bond donors (Lipinski definition) is 0. The summed E-state index contributed by atoms with van der Waals surface area (Å²) >= 11 is 0. The quantitative estimate of drug-likeness (QED) is 0.293. The van der Waals surface area contributed by atoms with E-state index in [2.05, 4.69) is 0 Å². The minimum Gasteiger partial charge on any atom is -0.306 e. The molecular weight excluding hydrogens is 206 g/mol. The van der Waals surface area contributed by atoms with Crippen LogP contribution in [0.5, 0.6) is 0 Å². The molecule has 1 aromatic rings. The van der Waals surface area contributed by atoms with Crippen molar-refractivity contribution in [1.82, 2.24) is 0 Å². The van der Waals surface area contributed by atoms with Crippen LogP contribution in [0, 0.1) is 29.1 Å². The molecule has 0 radical (unpaired) electrons. The topological polar surface area (TPSA) is 17.1 Å². The summed E-state index contributed by atoms with van der Waals surface area (Å²) in [6.07, 6.45) is 0. The minimum absolute atomic E-state index is 0.707. The third kappa shape index (κ3) is 1.38. The van der Waals surface area contributed by atoms with E-state index in [-0.39, 0.29) is 0 Å². The first-order valence-electron chi connectivity index (χ1n) is 3.40. The van der Waals surface area contributed by atoms with Crippen LogP contribution in [0.1, 0.15) is 10.4 Å². The van der Waals surface area contributed by atoms with Gasteiger partial charge in [-0.2, -0.15) is 0 Å². The Hall–Kier alpha value is -1.40. The highest BCUT2D eigenvalue weighted by Crippen LogP contribution is 2.22. The molecule has 1 rings (SSSR count). The summed E-state index contributed by atoms with van der Waals surface area (Å²) < 4.78 is 62.7. The van der Waals surface area contributed by atoms with Crippen LogP contribution in [0.4, 0.5) is 22.0 Å². The molecule has 1 aromatic carbocycles. The van der Waals surface area contributed by atoms with Gasteiger partial charge in [-0.3, -0.25) is 0 Å². The van der Waals surface area contributed by atoms with Crippen LogP contribution in [-0.4, -0.2) is 13.5 Å². The van der Waals surface area contributed by atoms with Gasteiger partial charge in [0.2, 0.25) is 5.82 Å². The van der Waals surface area contributed by atoms with Gasteiger partial charge >= 0.3 is 0 Å². The molecule has 0 aliphatic rings. The fourth-order valence-corrected chi connectivity index (χ4v) is 0.914. The summed E-state index contributed by atoms with van der Waals surface area (Å²) in [5, 5.41) is 0. The molecule has 0 aliphatic heterocycles. The van der Waals surface area contributed by atoms with E-state index in [0.29, 0.717) is 7.85 Å². The van der Waals surface area contributed by atoms with Crippen molar-refractivity contribution in [2.24, 2.45) is 0 Å². The molecule has 7 heteroatoms. The standard InChI is InChI=1S/C7H2BF5O/c8-7(14)1-2(9)4(11)6(13)5(12)3(1)10/h8H2. The zero-order valence-corrected chi connectivity index (χ0v) is 6.80. The average molecular weight is 208 g/mol. The van der Waals surface area contributed by atoms with Crippen LogP contribution in [0.3, 0.4) is 0 Å². The maximum Gasteiger partial charge on any atom is 0.200 e. The van der Waals surface area contributed by atoms with Gasteiger partial charge in [0.05, 0.1) is 5.56 Å². The Labute approximate surface area is 75.9 Å². The highest BCUT2D eigenvalue weighted by atomic mass is 19.2. The molecule has 0 saturated carbocycles. The molecule has 0 bridgehead atoms. The lowest BCUT2D eigenvalue weighted by Crippen LogP contribution is -2.12. The summed E-state index contributed by atoms with van der Waals surface area (Å²) in [6.45, 7) is 0. The van der Waals surface area contributed by atoms with Crippen LogP contribution < -0.4 is 0 Å². The Bertz CT molecular complexity index is 388. The van der Waals surface area contributed by atoms with Crippen molar-refractivity contribution < 1.29 is 26.7 Å². The number of benzene rings is 1. The molecule has 1 nitrogen and oxygen atoms in total. The average Bonchev–Trinajstić information content (AvgIpc) is 2.11. The van der Waals surface area contributed by atoms with E-state index in [1.807, 2.05) is 0 Å². The van der Waals surface area contributed by atoms with E-state index in [1.54, 1.807) is 0 Å². The Morgan fingerprint density at radius 3 is 1.36 bits per heavy atom. The lowest BCUT2D eigenvalue weighted by atomic mass is 9.93. The zero-order chi connectivity index (χ0) is 11.0. The lowest BCUT2D eigenvalue weighted by molar-refractivity contribution is 0.107. The highest BCUT2D eigenvalue weighted by molar-refractivity contribution is 6.62. The van der Waals surface area contributed by atoms with Crippen molar-refractivity contribution in [2.75, 3.05) is 0 Å².